The van der Waals surface area contributed by atoms with E-state index in [-0.39, 0.29) is 30.3 Å². The van der Waals surface area contributed by atoms with Gasteiger partial charge >= 0.3 is 0 Å². The lowest BCUT2D eigenvalue weighted by molar-refractivity contribution is -0.133. The first-order valence-corrected chi connectivity index (χ1v) is 7.20. The minimum absolute atomic E-state index is 0.0775. The van der Waals surface area contributed by atoms with E-state index >= 15 is 0 Å². The molecule has 102 valence electrons. The highest BCUT2D eigenvalue weighted by Gasteiger charge is 2.43. The molecule has 0 spiro atoms. The number of carbonyl (C=O) groups excluding carboxylic acids is 2. The smallest absolute Gasteiger partial charge is 0.228 e. The molecule has 1 aliphatic heterocycles. The van der Waals surface area contributed by atoms with Crippen LogP contribution in [0.15, 0.2) is 41.1 Å². The van der Waals surface area contributed by atoms with Crippen molar-refractivity contribution in [3.8, 4) is 5.75 Å². The molecule has 0 unspecified atom stereocenters. The van der Waals surface area contributed by atoms with Crippen molar-refractivity contribution in [2.24, 2.45) is 0 Å². The SMILES string of the molecule is O=C1CC(=O)N[C@](c2ccsc2)(c2ccccc2O)C1. The van der Waals surface area contributed by atoms with E-state index in [4.69, 9.17) is 0 Å². The fourth-order valence-corrected chi connectivity index (χ4v) is 3.43. The highest BCUT2D eigenvalue weighted by molar-refractivity contribution is 7.08. The van der Waals surface area contributed by atoms with Gasteiger partial charge in [-0.25, -0.2) is 0 Å². The molecule has 2 aromatic rings. The van der Waals surface area contributed by atoms with Gasteiger partial charge in [0.25, 0.3) is 0 Å². The van der Waals surface area contributed by atoms with Gasteiger partial charge in [-0.3, -0.25) is 9.59 Å². The van der Waals surface area contributed by atoms with Gasteiger partial charge in [-0.05, 0) is 28.5 Å². The summed E-state index contributed by atoms with van der Waals surface area (Å²) < 4.78 is 0. The molecule has 20 heavy (non-hydrogen) atoms. The number of rotatable bonds is 2. The van der Waals surface area contributed by atoms with Gasteiger partial charge < -0.3 is 10.4 Å². The molecule has 3 rings (SSSR count). The van der Waals surface area contributed by atoms with E-state index in [0.29, 0.717) is 5.56 Å². The maximum absolute atomic E-state index is 11.9. The van der Waals surface area contributed by atoms with E-state index < -0.39 is 5.54 Å². The molecule has 2 N–H and O–H groups in total. The second kappa shape index (κ2) is 4.76. The topological polar surface area (TPSA) is 66.4 Å². The maximum atomic E-state index is 11.9. The number of Topliss-reactive ketones (excluding diaryl/α,β-unsaturated/α-hetero) is 1. The normalized spacial score (nSPS) is 22.6. The Morgan fingerprint density at radius 1 is 1.20 bits per heavy atom. The van der Waals surface area contributed by atoms with Crippen molar-refractivity contribution in [1.82, 2.24) is 5.32 Å². The van der Waals surface area contributed by atoms with Crippen LogP contribution in [0.4, 0.5) is 0 Å². The first-order chi connectivity index (χ1) is 9.62. The minimum Gasteiger partial charge on any atom is -0.508 e. The number of nitrogens with one attached hydrogen (secondary N) is 1. The summed E-state index contributed by atoms with van der Waals surface area (Å²) in [6, 6.07) is 8.68. The van der Waals surface area contributed by atoms with Crippen molar-refractivity contribution in [2.75, 3.05) is 0 Å². The quantitative estimate of drug-likeness (QED) is 0.832. The van der Waals surface area contributed by atoms with Crippen LogP contribution in [0, 0.1) is 0 Å². The van der Waals surface area contributed by atoms with Crippen molar-refractivity contribution in [1.29, 1.82) is 0 Å². The van der Waals surface area contributed by atoms with Crippen molar-refractivity contribution in [2.45, 2.75) is 18.4 Å². The Morgan fingerprint density at radius 3 is 2.65 bits per heavy atom. The van der Waals surface area contributed by atoms with Gasteiger partial charge in [-0.1, -0.05) is 18.2 Å². The molecule has 1 saturated heterocycles. The molecule has 4 nitrogen and oxygen atoms in total. The van der Waals surface area contributed by atoms with Gasteiger partial charge in [-0.15, -0.1) is 0 Å². The standard InChI is InChI=1S/C15H13NO3S/c17-11-7-14(19)16-15(8-11,10-5-6-20-9-10)12-3-1-2-4-13(12)18/h1-6,9,18H,7-8H2,(H,16,19)/t15-/m1/s1. The molecule has 0 aliphatic carbocycles. The van der Waals surface area contributed by atoms with Gasteiger partial charge in [0.2, 0.25) is 5.91 Å². The summed E-state index contributed by atoms with van der Waals surface area (Å²) in [6.07, 6.45) is 0.0620. The van der Waals surface area contributed by atoms with Gasteiger partial charge in [0, 0.05) is 12.0 Å². The zero-order valence-corrected chi connectivity index (χ0v) is 11.4. The predicted molar refractivity (Wildman–Crippen MR) is 75.6 cm³/mol. The molecule has 0 bridgehead atoms. The summed E-state index contributed by atoms with van der Waals surface area (Å²) >= 11 is 1.49. The molecule has 1 aromatic carbocycles. The first-order valence-electron chi connectivity index (χ1n) is 6.26. The Bertz CT molecular complexity index is 648. The Kier molecular flexibility index (Phi) is 3.06. The first kappa shape index (κ1) is 12.9. The second-order valence-electron chi connectivity index (χ2n) is 4.87. The number of hydrogen-bond donors (Lipinski definition) is 2. The van der Waals surface area contributed by atoms with Crippen LogP contribution >= 0.6 is 11.3 Å². The lowest BCUT2D eigenvalue weighted by Gasteiger charge is -2.37. The second-order valence-corrected chi connectivity index (χ2v) is 5.65. The number of piperidine rings is 1. The number of phenolic OH excluding ortho intramolecular Hbond substituents is 1. The third kappa shape index (κ3) is 2.00. The number of benzene rings is 1. The Morgan fingerprint density at radius 2 is 2.00 bits per heavy atom. The van der Waals surface area contributed by atoms with Crippen molar-refractivity contribution in [3.05, 3.63) is 52.2 Å². The van der Waals surface area contributed by atoms with E-state index in [1.54, 1.807) is 24.3 Å². The summed E-state index contributed by atoms with van der Waals surface area (Å²) in [4.78, 5) is 23.8. The van der Waals surface area contributed by atoms with Crippen LogP contribution in [0.25, 0.3) is 0 Å². The summed E-state index contributed by atoms with van der Waals surface area (Å²) in [6.45, 7) is 0. The zero-order chi connectivity index (χ0) is 14.2. The molecule has 1 fully saturated rings. The monoisotopic (exact) mass is 287 g/mol. The predicted octanol–water partition coefficient (Wildman–Crippen LogP) is 2.18. The van der Waals surface area contributed by atoms with E-state index in [2.05, 4.69) is 5.32 Å². The van der Waals surface area contributed by atoms with Crippen molar-refractivity contribution in [3.63, 3.8) is 0 Å². The number of para-hydroxylation sites is 1. The minimum atomic E-state index is -0.961. The van der Waals surface area contributed by atoms with Crippen LogP contribution in [-0.2, 0) is 15.1 Å². The van der Waals surface area contributed by atoms with E-state index in [1.165, 1.54) is 11.3 Å². The third-order valence-corrected chi connectivity index (χ3v) is 4.23. The van der Waals surface area contributed by atoms with Crippen LogP contribution in [0.1, 0.15) is 24.0 Å². The van der Waals surface area contributed by atoms with E-state index in [1.807, 2.05) is 16.8 Å². The fourth-order valence-electron chi connectivity index (χ4n) is 2.70. The van der Waals surface area contributed by atoms with Crippen LogP contribution in [0.3, 0.4) is 0 Å². The summed E-state index contributed by atoms with van der Waals surface area (Å²) in [5.41, 5.74) is 0.419. The van der Waals surface area contributed by atoms with Crippen LogP contribution in [-0.4, -0.2) is 16.8 Å². The van der Waals surface area contributed by atoms with Crippen molar-refractivity contribution < 1.29 is 14.7 Å². The molecule has 1 atom stereocenters. The van der Waals surface area contributed by atoms with Crippen LogP contribution < -0.4 is 5.32 Å². The zero-order valence-electron chi connectivity index (χ0n) is 10.6. The largest absolute Gasteiger partial charge is 0.508 e. The van der Waals surface area contributed by atoms with Gasteiger partial charge in [-0.2, -0.15) is 11.3 Å². The average Bonchev–Trinajstić information content (AvgIpc) is 2.92. The number of carbonyl (C=O) groups is 2. The molecule has 0 saturated carbocycles. The average molecular weight is 287 g/mol. The number of hydrogen-bond acceptors (Lipinski definition) is 4. The number of thiophene rings is 1. The maximum Gasteiger partial charge on any atom is 0.228 e. The molecular formula is C15H13NO3S. The van der Waals surface area contributed by atoms with Gasteiger partial charge in [0.05, 0.1) is 6.42 Å². The van der Waals surface area contributed by atoms with E-state index in [0.717, 1.165) is 5.56 Å². The van der Waals surface area contributed by atoms with E-state index in [9.17, 15) is 14.7 Å². The third-order valence-electron chi connectivity index (χ3n) is 3.55. The van der Waals surface area contributed by atoms with Gasteiger partial charge in [0.1, 0.15) is 17.1 Å². The lowest BCUT2D eigenvalue weighted by Crippen LogP contribution is -2.52. The Hall–Kier alpha value is -2.14. The lowest BCUT2D eigenvalue weighted by atomic mass is 9.77. The highest BCUT2D eigenvalue weighted by atomic mass is 32.1. The molecule has 1 aliphatic rings. The molecule has 1 aromatic heterocycles. The summed E-state index contributed by atoms with van der Waals surface area (Å²) in [5, 5.41) is 16.8. The summed E-state index contributed by atoms with van der Waals surface area (Å²) in [5.74, 6) is -0.354. The number of ketones is 1. The summed E-state index contributed by atoms with van der Waals surface area (Å²) in [7, 11) is 0. The highest BCUT2D eigenvalue weighted by Crippen LogP contribution is 2.40. The molecule has 1 amide bonds. The van der Waals surface area contributed by atoms with Crippen LogP contribution in [0.5, 0.6) is 5.75 Å². The molecule has 0 radical (unpaired) electrons. The number of amides is 1. The molecule has 5 heteroatoms. The van der Waals surface area contributed by atoms with Crippen LogP contribution in [0.2, 0.25) is 0 Å². The van der Waals surface area contributed by atoms with Gasteiger partial charge in [0.15, 0.2) is 0 Å². The Labute approximate surface area is 120 Å². The molecular weight excluding hydrogens is 274 g/mol. The Balaban J connectivity index is 2.21. The number of aromatic hydroxyl groups is 1. The molecule has 2 heterocycles. The number of phenols is 1. The van der Waals surface area contributed by atoms with Crippen molar-refractivity contribution >= 4 is 23.0 Å². The fraction of sp³-hybridized carbons (Fsp3) is 0.200.